The predicted molar refractivity (Wildman–Crippen MR) is 85.7 cm³/mol. The van der Waals surface area contributed by atoms with Gasteiger partial charge in [-0.15, -0.1) is 0 Å². The summed E-state index contributed by atoms with van der Waals surface area (Å²) in [5, 5.41) is 9.15. The third-order valence-electron chi connectivity index (χ3n) is 3.87. The average molecular weight is 328 g/mol. The quantitative estimate of drug-likeness (QED) is 0.766. The standard InChI is InChI=1S/C14H20N2O3S2/c1-10-9-12(5-6-13(10)14(15)20)21(18,19)16(7-8-17)11-3-2-4-11/h5-6,9,11,17H,2-4,7-8H2,1H3,(H2,15,20). The fourth-order valence-electron chi connectivity index (χ4n) is 2.48. The van der Waals surface area contributed by atoms with Gasteiger partial charge in [-0.2, -0.15) is 4.31 Å². The van der Waals surface area contributed by atoms with Crippen molar-refractivity contribution in [2.24, 2.45) is 5.73 Å². The molecule has 1 aliphatic rings. The van der Waals surface area contributed by atoms with Crippen LogP contribution in [0.3, 0.4) is 0 Å². The van der Waals surface area contributed by atoms with E-state index in [0.29, 0.717) is 5.56 Å². The number of aliphatic hydroxyl groups excluding tert-OH is 1. The molecule has 0 radical (unpaired) electrons. The van der Waals surface area contributed by atoms with E-state index in [1.54, 1.807) is 19.1 Å². The lowest BCUT2D eigenvalue weighted by molar-refractivity contribution is 0.178. The van der Waals surface area contributed by atoms with Gasteiger partial charge in [0.1, 0.15) is 4.99 Å². The van der Waals surface area contributed by atoms with Crippen molar-refractivity contribution < 1.29 is 13.5 Å². The fourth-order valence-corrected chi connectivity index (χ4v) is 4.47. The van der Waals surface area contributed by atoms with E-state index in [-0.39, 0.29) is 29.1 Å². The zero-order chi connectivity index (χ0) is 15.6. The molecule has 116 valence electrons. The minimum absolute atomic E-state index is 0.00211. The van der Waals surface area contributed by atoms with Crippen LogP contribution in [0.4, 0.5) is 0 Å². The molecule has 3 N–H and O–H groups in total. The van der Waals surface area contributed by atoms with Gasteiger partial charge in [0.2, 0.25) is 10.0 Å². The Morgan fingerprint density at radius 2 is 2.14 bits per heavy atom. The van der Waals surface area contributed by atoms with Crippen molar-refractivity contribution in [3.05, 3.63) is 29.3 Å². The predicted octanol–water partition coefficient (Wildman–Crippen LogP) is 1.16. The van der Waals surface area contributed by atoms with Crippen LogP contribution in [-0.2, 0) is 10.0 Å². The highest BCUT2D eigenvalue weighted by atomic mass is 32.2. The molecule has 0 saturated heterocycles. The number of aryl methyl sites for hydroxylation is 1. The highest BCUT2D eigenvalue weighted by Crippen LogP contribution is 2.30. The molecule has 0 heterocycles. The summed E-state index contributed by atoms with van der Waals surface area (Å²) in [5.41, 5.74) is 7.02. The Labute approximate surface area is 130 Å². The van der Waals surface area contributed by atoms with Crippen LogP contribution < -0.4 is 5.73 Å². The van der Waals surface area contributed by atoms with Crippen molar-refractivity contribution in [2.75, 3.05) is 13.2 Å². The van der Waals surface area contributed by atoms with Gasteiger partial charge in [-0.1, -0.05) is 24.7 Å². The second-order valence-corrected chi connectivity index (χ2v) is 7.60. The van der Waals surface area contributed by atoms with Gasteiger partial charge >= 0.3 is 0 Å². The third-order valence-corrected chi connectivity index (χ3v) is 6.04. The van der Waals surface area contributed by atoms with Crippen LogP contribution in [0.25, 0.3) is 0 Å². The summed E-state index contributed by atoms with van der Waals surface area (Å²) in [7, 11) is -3.60. The Kier molecular flexibility index (Phi) is 4.98. The van der Waals surface area contributed by atoms with Crippen LogP contribution in [0.1, 0.15) is 30.4 Å². The summed E-state index contributed by atoms with van der Waals surface area (Å²) in [5.74, 6) is 0. The Morgan fingerprint density at radius 1 is 1.48 bits per heavy atom. The normalized spacial score (nSPS) is 16.0. The lowest BCUT2D eigenvalue weighted by atomic mass is 9.93. The minimum Gasteiger partial charge on any atom is -0.395 e. The summed E-state index contributed by atoms with van der Waals surface area (Å²) in [6, 6.07) is 4.76. The van der Waals surface area contributed by atoms with Gasteiger partial charge in [-0.3, -0.25) is 0 Å². The van der Waals surface area contributed by atoms with Gasteiger partial charge in [-0.05, 0) is 37.5 Å². The molecule has 0 unspecified atom stereocenters. The first-order chi connectivity index (χ1) is 9.87. The zero-order valence-corrected chi connectivity index (χ0v) is 13.6. The minimum atomic E-state index is -3.60. The van der Waals surface area contributed by atoms with Crippen molar-refractivity contribution in [1.29, 1.82) is 0 Å². The van der Waals surface area contributed by atoms with Gasteiger partial charge in [0.05, 0.1) is 11.5 Å². The van der Waals surface area contributed by atoms with Crippen LogP contribution in [0.5, 0.6) is 0 Å². The first kappa shape index (κ1) is 16.4. The molecule has 1 aromatic carbocycles. The molecule has 1 aliphatic carbocycles. The molecule has 0 spiro atoms. The van der Waals surface area contributed by atoms with Crippen LogP contribution >= 0.6 is 12.2 Å². The monoisotopic (exact) mass is 328 g/mol. The van der Waals surface area contributed by atoms with Crippen LogP contribution in [0.2, 0.25) is 0 Å². The zero-order valence-electron chi connectivity index (χ0n) is 11.9. The summed E-state index contributed by atoms with van der Waals surface area (Å²) in [4.78, 5) is 0.475. The molecule has 7 heteroatoms. The molecule has 1 fully saturated rings. The van der Waals surface area contributed by atoms with Crippen molar-refractivity contribution >= 4 is 27.2 Å². The van der Waals surface area contributed by atoms with Crippen LogP contribution in [0, 0.1) is 6.92 Å². The second kappa shape index (κ2) is 6.39. The van der Waals surface area contributed by atoms with Gasteiger partial charge in [0, 0.05) is 18.2 Å². The highest BCUT2D eigenvalue weighted by Gasteiger charge is 2.34. The molecule has 0 aliphatic heterocycles. The number of nitrogens with two attached hydrogens (primary N) is 1. The maximum Gasteiger partial charge on any atom is 0.243 e. The van der Waals surface area contributed by atoms with E-state index in [4.69, 9.17) is 23.1 Å². The molecule has 5 nitrogen and oxygen atoms in total. The molecule has 0 atom stereocenters. The Balaban J connectivity index is 2.37. The lowest BCUT2D eigenvalue weighted by Gasteiger charge is -2.36. The molecule has 21 heavy (non-hydrogen) atoms. The number of aliphatic hydroxyl groups is 1. The summed E-state index contributed by atoms with van der Waals surface area (Å²) in [6.07, 6.45) is 2.73. The summed E-state index contributed by atoms with van der Waals surface area (Å²) < 4.78 is 26.9. The van der Waals surface area contributed by atoms with E-state index < -0.39 is 10.0 Å². The topological polar surface area (TPSA) is 83.6 Å². The van der Waals surface area contributed by atoms with E-state index in [2.05, 4.69) is 0 Å². The van der Waals surface area contributed by atoms with Crippen molar-refractivity contribution in [1.82, 2.24) is 4.31 Å². The third kappa shape index (κ3) is 3.26. The van der Waals surface area contributed by atoms with Gasteiger partial charge in [-0.25, -0.2) is 8.42 Å². The molecule has 1 aromatic rings. The molecular weight excluding hydrogens is 308 g/mol. The number of rotatable bonds is 6. The van der Waals surface area contributed by atoms with E-state index in [9.17, 15) is 8.42 Å². The van der Waals surface area contributed by atoms with E-state index >= 15 is 0 Å². The summed E-state index contributed by atoms with van der Waals surface area (Å²) >= 11 is 4.93. The SMILES string of the molecule is Cc1cc(S(=O)(=O)N(CCO)C2CCC2)ccc1C(N)=S. The number of benzene rings is 1. The first-order valence-electron chi connectivity index (χ1n) is 6.91. The maximum atomic E-state index is 12.7. The lowest BCUT2D eigenvalue weighted by Crippen LogP contribution is -2.45. The Bertz CT molecular complexity index is 640. The molecular formula is C14H20N2O3S2. The van der Waals surface area contributed by atoms with Crippen LogP contribution in [0.15, 0.2) is 23.1 Å². The van der Waals surface area contributed by atoms with Crippen LogP contribution in [-0.4, -0.2) is 42.0 Å². The van der Waals surface area contributed by atoms with Gasteiger partial charge < -0.3 is 10.8 Å². The Hall–Kier alpha value is -1.02. The molecule has 0 amide bonds. The van der Waals surface area contributed by atoms with Crippen molar-refractivity contribution in [2.45, 2.75) is 37.1 Å². The van der Waals surface area contributed by atoms with E-state index in [1.807, 2.05) is 0 Å². The Morgan fingerprint density at radius 3 is 2.57 bits per heavy atom. The van der Waals surface area contributed by atoms with E-state index in [0.717, 1.165) is 24.8 Å². The van der Waals surface area contributed by atoms with E-state index in [1.165, 1.54) is 10.4 Å². The number of thiocarbonyl (C=S) groups is 1. The number of hydrogen-bond acceptors (Lipinski definition) is 4. The number of nitrogens with zero attached hydrogens (tertiary/aromatic N) is 1. The number of sulfonamides is 1. The first-order valence-corrected chi connectivity index (χ1v) is 8.76. The average Bonchev–Trinajstić information content (AvgIpc) is 2.35. The molecule has 1 saturated carbocycles. The molecule has 2 rings (SSSR count). The smallest absolute Gasteiger partial charge is 0.243 e. The fraction of sp³-hybridized carbons (Fsp3) is 0.500. The molecule has 0 bridgehead atoms. The summed E-state index contributed by atoms with van der Waals surface area (Å²) in [6.45, 7) is 1.73. The highest BCUT2D eigenvalue weighted by molar-refractivity contribution is 7.89. The second-order valence-electron chi connectivity index (χ2n) is 5.27. The number of hydrogen-bond donors (Lipinski definition) is 2. The van der Waals surface area contributed by atoms with Crippen molar-refractivity contribution in [3.63, 3.8) is 0 Å². The van der Waals surface area contributed by atoms with Gasteiger partial charge in [0.25, 0.3) is 0 Å². The largest absolute Gasteiger partial charge is 0.395 e. The van der Waals surface area contributed by atoms with Gasteiger partial charge in [0.15, 0.2) is 0 Å². The maximum absolute atomic E-state index is 12.7. The molecule has 0 aromatic heterocycles. The van der Waals surface area contributed by atoms with Crippen molar-refractivity contribution in [3.8, 4) is 0 Å².